The summed E-state index contributed by atoms with van der Waals surface area (Å²) in [6.07, 6.45) is 4.75. The van der Waals surface area contributed by atoms with Gasteiger partial charge >= 0.3 is 0 Å². The molecule has 0 amide bonds. The predicted octanol–water partition coefficient (Wildman–Crippen LogP) is 2.87. The minimum atomic E-state index is 0.419. The third-order valence-electron chi connectivity index (χ3n) is 4.37. The molecule has 1 aromatic heterocycles. The maximum atomic E-state index is 5.97. The number of aromatic nitrogens is 2. The van der Waals surface area contributed by atoms with E-state index < -0.39 is 0 Å². The summed E-state index contributed by atoms with van der Waals surface area (Å²) in [6.45, 7) is 2.05. The van der Waals surface area contributed by atoms with Crippen LogP contribution in [0.4, 0.5) is 0 Å². The molecule has 1 aliphatic carbocycles. The van der Waals surface area contributed by atoms with E-state index >= 15 is 0 Å². The number of imidazole rings is 1. The maximum absolute atomic E-state index is 5.97. The molecule has 1 aliphatic rings. The van der Waals surface area contributed by atoms with Crippen molar-refractivity contribution in [3.8, 4) is 0 Å². The quantitative estimate of drug-likeness (QED) is 0.837. The first-order chi connectivity index (χ1) is 8.65. The third kappa shape index (κ3) is 1.93. The zero-order chi connectivity index (χ0) is 12.7. The minimum absolute atomic E-state index is 0.419. The summed E-state index contributed by atoms with van der Waals surface area (Å²) < 4.78 is 2.15. The van der Waals surface area contributed by atoms with Crippen LogP contribution in [-0.2, 0) is 7.05 Å². The first-order valence-electron chi connectivity index (χ1n) is 6.83. The molecule has 3 rings (SSSR count). The smallest absolute Gasteiger partial charge is 0.106 e. The van der Waals surface area contributed by atoms with Gasteiger partial charge in [-0.15, -0.1) is 0 Å². The number of rotatable bonds is 1. The van der Waals surface area contributed by atoms with Crippen LogP contribution in [0.1, 0.15) is 43.0 Å². The van der Waals surface area contributed by atoms with Crippen LogP contribution in [0.3, 0.4) is 0 Å². The molecule has 1 saturated carbocycles. The normalized spacial score (nSPS) is 24.6. The number of aryl methyl sites for hydroxylation is 2. The molecule has 0 bridgehead atoms. The Balaban J connectivity index is 1.93. The number of benzene rings is 1. The molecule has 0 atom stereocenters. The van der Waals surface area contributed by atoms with Gasteiger partial charge in [-0.05, 0) is 56.2 Å². The van der Waals surface area contributed by atoms with E-state index in [2.05, 4.69) is 41.7 Å². The molecule has 3 heteroatoms. The molecule has 18 heavy (non-hydrogen) atoms. The molecule has 2 aromatic rings. The van der Waals surface area contributed by atoms with Crippen LogP contribution >= 0.6 is 0 Å². The van der Waals surface area contributed by atoms with Crippen molar-refractivity contribution >= 4 is 11.0 Å². The molecule has 0 radical (unpaired) electrons. The van der Waals surface area contributed by atoms with E-state index in [1.807, 2.05) is 0 Å². The predicted molar refractivity (Wildman–Crippen MR) is 74.6 cm³/mol. The van der Waals surface area contributed by atoms with Crippen LogP contribution in [0.15, 0.2) is 18.2 Å². The van der Waals surface area contributed by atoms with E-state index in [4.69, 9.17) is 5.73 Å². The van der Waals surface area contributed by atoms with E-state index in [0.29, 0.717) is 12.0 Å². The summed E-state index contributed by atoms with van der Waals surface area (Å²) in [5, 5.41) is 0. The van der Waals surface area contributed by atoms with Crippen LogP contribution < -0.4 is 5.73 Å². The molecule has 0 spiro atoms. The summed E-state index contributed by atoms with van der Waals surface area (Å²) in [7, 11) is 2.07. The van der Waals surface area contributed by atoms with E-state index in [1.165, 1.54) is 23.9 Å². The van der Waals surface area contributed by atoms with Gasteiger partial charge in [0.1, 0.15) is 5.82 Å². The van der Waals surface area contributed by atoms with E-state index in [9.17, 15) is 0 Å². The molecule has 1 fully saturated rings. The minimum Gasteiger partial charge on any atom is -0.331 e. The fraction of sp³-hybridized carbons (Fsp3) is 0.533. The highest BCUT2D eigenvalue weighted by Gasteiger charge is 2.20. The second kappa shape index (κ2) is 4.39. The van der Waals surface area contributed by atoms with Gasteiger partial charge in [-0.2, -0.15) is 0 Å². The van der Waals surface area contributed by atoms with Gasteiger partial charge in [0.25, 0.3) is 0 Å². The lowest BCUT2D eigenvalue weighted by Gasteiger charge is -2.26. The van der Waals surface area contributed by atoms with Crippen molar-refractivity contribution in [2.75, 3.05) is 0 Å². The molecule has 3 nitrogen and oxygen atoms in total. The van der Waals surface area contributed by atoms with E-state index in [0.717, 1.165) is 24.2 Å². The highest BCUT2D eigenvalue weighted by molar-refractivity contribution is 5.77. The van der Waals surface area contributed by atoms with Crippen LogP contribution in [0.5, 0.6) is 0 Å². The molecule has 1 heterocycles. The average Bonchev–Trinajstić information content (AvgIpc) is 2.65. The Bertz CT molecular complexity index is 562. The maximum Gasteiger partial charge on any atom is 0.106 e. The molecule has 2 N–H and O–H groups in total. The van der Waals surface area contributed by atoms with Gasteiger partial charge in [0.15, 0.2) is 0 Å². The monoisotopic (exact) mass is 243 g/mol. The Morgan fingerprint density at radius 3 is 2.67 bits per heavy atom. The number of hydrogen-bond donors (Lipinski definition) is 1. The second-order valence-electron chi connectivity index (χ2n) is 5.58. The summed E-state index contributed by atoms with van der Waals surface area (Å²) in [5.41, 5.74) is 9.76. The van der Waals surface area contributed by atoms with Crippen LogP contribution in [0.25, 0.3) is 11.0 Å². The number of nitrogens with zero attached hydrogens (tertiary/aromatic N) is 2. The molecular formula is C15H21N3. The van der Waals surface area contributed by atoms with Gasteiger partial charge in [0.2, 0.25) is 0 Å². The zero-order valence-corrected chi connectivity index (χ0v) is 11.2. The molecule has 0 saturated heterocycles. The largest absolute Gasteiger partial charge is 0.331 e. The Kier molecular flexibility index (Phi) is 2.86. The van der Waals surface area contributed by atoms with Crippen molar-refractivity contribution in [3.63, 3.8) is 0 Å². The van der Waals surface area contributed by atoms with E-state index in [-0.39, 0.29) is 0 Å². The van der Waals surface area contributed by atoms with Crippen molar-refractivity contribution in [2.24, 2.45) is 12.8 Å². The lowest BCUT2D eigenvalue weighted by Crippen LogP contribution is -2.25. The average molecular weight is 243 g/mol. The standard InChI is InChI=1S/C15H21N3/c1-10-17-14-9-12(5-8-15(14)18(10)2)11-3-6-13(16)7-4-11/h5,8-9,11,13H,3-4,6-7,16H2,1-2H3. The van der Waals surface area contributed by atoms with Gasteiger partial charge in [0.05, 0.1) is 11.0 Å². The lowest BCUT2D eigenvalue weighted by molar-refractivity contribution is 0.396. The van der Waals surface area contributed by atoms with Crippen molar-refractivity contribution in [3.05, 3.63) is 29.6 Å². The fourth-order valence-electron chi connectivity index (χ4n) is 3.04. The molecule has 0 unspecified atom stereocenters. The highest BCUT2D eigenvalue weighted by Crippen LogP contribution is 2.33. The molecular weight excluding hydrogens is 222 g/mol. The number of nitrogens with two attached hydrogens (primary N) is 1. The molecule has 96 valence electrons. The second-order valence-corrected chi connectivity index (χ2v) is 5.58. The zero-order valence-electron chi connectivity index (χ0n) is 11.2. The Morgan fingerprint density at radius 1 is 1.22 bits per heavy atom. The summed E-state index contributed by atoms with van der Waals surface area (Å²) in [6, 6.07) is 7.16. The lowest BCUT2D eigenvalue weighted by atomic mass is 9.82. The summed E-state index contributed by atoms with van der Waals surface area (Å²) in [4.78, 5) is 4.62. The van der Waals surface area contributed by atoms with Crippen molar-refractivity contribution < 1.29 is 0 Å². The first-order valence-corrected chi connectivity index (χ1v) is 6.83. The van der Waals surface area contributed by atoms with Gasteiger partial charge in [-0.25, -0.2) is 4.98 Å². The fourth-order valence-corrected chi connectivity index (χ4v) is 3.04. The SMILES string of the molecule is Cc1nc2cc(C3CCC(N)CC3)ccc2n1C. The van der Waals surface area contributed by atoms with Gasteiger partial charge in [0, 0.05) is 13.1 Å². The Hall–Kier alpha value is -1.35. The molecule has 0 aliphatic heterocycles. The third-order valence-corrected chi connectivity index (χ3v) is 4.37. The van der Waals surface area contributed by atoms with Crippen LogP contribution in [0.2, 0.25) is 0 Å². The summed E-state index contributed by atoms with van der Waals surface area (Å²) >= 11 is 0. The number of fused-ring (bicyclic) bond motifs is 1. The van der Waals surface area contributed by atoms with Gasteiger partial charge in [-0.3, -0.25) is 0 Å². The van der Waals surface area contributed by atoms with Crippen molar-refractivity contribution in [2.45, 2.75) is 44.6 Å². The van der Waals surface area contributed by atoms with Crippen LogP contribution in [-0.4, -0.2) is 15.6 Å². The van der Waals surface area contributed by atoms with Gasteiger partial charge in [-0.1, -0.05) is 6.07 Å². The highest BCUT2D eigenvalue weighted by atomic mass is 15.0. The number of hydrogen-bond acceptors (Lipinski definition) is 2. The Morgan fingerprint density at radius 2 is 1.94 bits per heavy atom. The summed E-state index contributed by atoms with van der Waals surface area (Å²) in [5.74, 6) is 1.75. The van der Waals surface area contributed by atoms with Crippen molar-refractivity contribution in [1.82, 2.24) is 9.55 Å². The van der Waals surface area contributed by atoms with Crippen LogP contribution in [0, 0.1) is 6.92 Å². The van der Waals surface area contributed by atoms with E-state index in [1.54, 1.807) is 0 Å². The molecule has 1 aromatic carbocycles. The topological polar surface area (TPSA) is 43.8 Å². The van der Waals surface area contributed by atoms with Gasteiger partial charge < -0.3 is 10.3 Å². The first kappa shape index (κ1) is 11.7. The van der Waals surface area contributed by atoms with Crippen molar-refractivity contribution in [1.29, 1.82) is 0 Å². The Labute approximate surface area is 108 Å².